The summed E-state index contributed by atoms with van der Waals surface area (Å²) in [7, 11) is 0. The number of hydrogen-bond donors (Lipinski definition) is 0. The minimum absolute atomic E-state index is 0.169. The lowest BCUT2D eigenvalue weighted by molar-refractivity contribution is -0.126. The maximum Gasteiger partial charge on any atom is 0.226 e. The molecule has 86 valence electrons. The largest absolute Gasteiger partial charge is 0.294 e. The van der Waals surface area contributed by atoms with E-state index in [1.807, 2.05) is 12.1 Å². The smallest absolute Gasteiger partial charge is 0.226 e. The molecule has 0 saturated heterocycles. The molecule has 3 rings (SSSR count). The molecule has 0 bridgehead atoms. The van der Waals surface area contributed by atoms with Gasteiger partial charge in [-0.25, -0.2) is 0 Å². The Bertz CT molecular complexity index is 776. The summed E-state index contributed by atoms with van der Waals surface area (Å²) in [5.41, 5.74) is 1.71. The maximum absolute atomic E-state index is 11.7. The number of fused-ring (bicyclic) bond motifs is 2. The van der Waals surface area contributed by atoms with Crippen molar-refractivity contribution in [2.45, 2.75) is 0 Å². The number of Topliss-reactive ketones (excluding diaryl/α,β-unsaturated/α-hetero) is 1. The molecule has 0 saturated carbocycles. The fourth-order valence-electron chi connectivity index (χ4n) is 2.37. The lowest BCUT2D eigenvalue weighted by Gasteiger charge is -2.07. The first-order chi connectivity index (χ1) is 8.72. The van der Waals surface area contributed by atoms with Crippen LogP contribution in [0.1, 0.15) is 0 Å². The van der Waals surface area contributed by atoms with Crippen LogP contribution in [0.25, 0.3) is 11.1 Å². The van der Waals surface area contributed by atoms with Gasteiger partial charge in [0.05, 0.1) is 0 Å². The average Bonchev–Trinajstić information content (AvgIpc) is 2.71. The maximum atomic E-state index is 11.7. The van der Waals surface area contributed by atoms with Gasteiger partial charge in [0.25, 0.3) is 0 Å². The Hall–Kier alpha value is -2.55. The molecule has 2 aliphatic rings. The van der Waals surface area contributed by atoms with E-state index in [0.29, 0.717) is 17.4 Å². The van der Waals surface area contributed by atoms with Crippen LogP contribution in [0.3, 0.4) is 0 Å². The first kappa shape index (κ1) is 10.6. The summed E-state index contributed by atoms with van der Waals surface area (Å²) in [6, 6.07) is 7.34. The number of hydrogen-bond acceptors (Lipinski definition) is 3. The number of ketones is 2. The quantitative estimate of drug-likeness (QED) is 0.529. The van der Waals surface area contributed by atoms with Crippen LogP contribution < -0.4 is 10.4 Å². The summed E-state index contributed by atoms with van der Waals surface area (Å²) in [5.74, 6) is -0.760. The average molecular weight is 236 g/mol. The van der Waals surface area contributed by atoms with Gasteiger partial charge in [-0.1, -0.05) is 24.3 Å². The predicted octanol–water partition coefficient (Wildman–Crippen LogP) is -0.165. The van der Waals surface area contributed by atoms with E-state index < -0.39 is 5.78 Å². The molecule has 0 atom stereocenters. The van der Waals surface area contributed by atoms with Crippen LogP contribution in [0.4, 0.5) is 0 Å². The molecular weight excluding hydrogens is 228 g/mol. The summed E-state index contributed by atoms with van der Waals surface area (Å²) in [6.07, 6.45) is 4.86. The predicted molar refractivity (Wildman–Crippen MR) is 65.8 cm³/mol. The summed E-state index contributed by atoms with van der Waals surface area (Å²) in [4.78, 5) is 33.9. The molecule has 0 heterocycles. The molecule has 0 unspecified atom stereocenters. The molecule has 3 nitrogen and oxygen atoms in total. The van der Waals surface area contributed by atoms with E-state index in [1.165, 1.54) is 12.2 Å². The van der Waals surface area contributed by atoms with Crippen LogP contribution in [0.15, 0.2) is 48.1 Å². The van der Waals surface area contributed by atoms with Crippen molar-refractivity contribution in [1.29, 1.82) is 0 Å². The second kappa shape index (κ2) is 3.74. The number of carbonyl (C=O) groups excluding carboxylic acids is 3. The molecule has 3 heteroatoms. The second-order valence-electron chi connectivity index (χ2n) is 4.11. The number of benzene rings is 1. The number of allylic oxidation sites excluding steroid dienone is 4. The Morgan fingerprint density at radius 2 is 1.78 bits per heavy atom. The Labute approximate surface area is 102 Å². The summed E-state index contributed by atoms with van der Waals surface area (Å²) >= 11 is 0. The number of aldehydes is 1. The molecule has 1 aromatic rings. The van der Waals surface area contributed by atoms with Crippen LogP contribution in [0, 0.1) is 0 Å². The Kier molecular flexibility index (Phi) is 2.20. The highest BCUT2D eigenvalue weighted by Crippen LogP contribution is 2.27. The Balaban J connectivity index is 2.48. The highest BCUT2D eigenvalue weighted by Gasteiger charge is 2.25. The van der Waals surface area contributed by atoms with Gasteiger partial charge in [-0.3, -0.25) is 14.4 Å². The van der Waals surface area contributed by atoms with E-state index in [4.69, 9.17) is 0 Å². The van der Waals surface area contributed by atoms with Crippen LogP contribution in [-0.2, 0) is 14.4 Å². The summed E-state index contributed by atoms with van der Waals surface area (Å²) in [5, 5.41) is 1.60. The lowest BCUT2D eigenvalue weighted by Crippen LogP contribution is -2.25. The first-order valence-corrected chi connectivity index (χ1v) is 5.50. The fourth-order valence-corrected chi connectivity index (χ4v) is 2.37. The van der Waals surface area contributed by atoms with Gasteiger partial charge in [0.1, 0.15) is 0 Å². The van der Waals surface area contributed by atoms with Crippen LogP contribution in [-0.4, -0.2) is 17.9 Å². The topological polar surface area (TPSA) is 51.2 Å². The number of carbonyl (C=O) groups is 3. The molecule has 0 spiro atoms. The van der Waals surface area contributed by atoms with Gasteiger partial charge in [-0.05, 0) is 39.8 Å². The molecule has 18 heavy (non-hydrogen) atoms. The minimum atomic E-state index is -0.591. The van der Waals surface area contributed by atoms with Crippen molar-refractivity contribution in [2.75, 3.05) is 0 Å². The zero-order chi connectivity index (χ0) is 12.7. The molecule has 0 aromatic heterocycles. The van der Waals surface area contributed by atoms with E-state index in [-0.39, 0.29) is 5.78 Å². The molecule has 0 fully saturated rings. The van der Waals surface area contributed by atoms with Crippen molar-refractivity contribution >= 4 is 29.0 Å². The molecule has 1 aromatic carbocycles. The fraction of sp³-hybridized carbons (Fsp3) is 0. The molecule has 0 aliphatic heterocycles. The van der Waals surface area contributed by atoms with Crippen molar-refractivity contribution in [3.63, 3.8) is 0 Å². The molecular formula is C15H8O3. The van der Waals surface area contributed by atoms with Gasteiger partial charge in [-0.15, -0.1) is 0 Å². The van der Waals surface area contributed by atoms with Gasteiger partial charge < -0.3 is 0 Å². The van der Waals surface area contributed by atoms with Crippen molar-refractivity contribution < 1.29 is 14.4 Å². The third-order valence-corrected chi connectivity index (χ3v) is 3.10. The van der Waals surface area contributed by atoms with Crippen LogP contribution >= 0.6 is 0 Å². The first-order valence-electron chi connectivity index (χ1n) is 5.50. The van der Waals surface area contributed by atoms with Gasteiger partial charge in [-0.2, -0.15) is 0 Å². The third kappa shape index (κ3) is 1.34. The standard InChI is InChI=1S/C15H8O3/c16-8-14(18)15-12-4-2-1-3-10(12)11-6-5-9(17)7-13(11)15/h1-8H. The van der Waals surface area contributed by atoms with E-state index in [2.05, 4.69) is 0 Å². The van der Waals surface area contributed by atoms with E-state index >= 15 is 0 Å². The van der Waals surface area contributed by atoms with Gasteiger partial charge in [0.15, 0.2) is 12.1 Å². The highest BCUT2D eigenvalue weighted by atomic mass is 16.2. The molecule has 2 aliphatic carbocycles. The van der Waals surface area contributed by atoms with E-state index in [1.54, 1.807) is 18.2 Å². The van der Waals surface area contributed by atoms with Crippen molar-refractivity contribution in [3.05, 3.63) is 58.5 Å². The van der Waals surface area contributed by atoms with Crippen molar-refractivity contribution in [1.82, 2.24) is 0 Å². The van der Waals surface area contributed by atoms with Crippen LogP contribution in [0.5, 0.6) is 0 Å². The SMILES string of the molecule is O=CC(=O)C1=c2ccccc2=C2C=CC(=O)C=C21. The summed E-state index contributed by atoms with van der Waals surface area (Å²) < 4.78 is 0. The zero-order valence-corrected chi connectivity index (χ0v) is 9.34. The Morgan fingerprint density at radius 1 is 1.06 bits per heavy atom. The van der Waals surface area contributed by atoms with Crippen LogP contribution in [0.2, 0.25) is 0 Å². The highest BCUT2D eigenvalue weighted by molar-refractivity contribution is 6.48. The molecule has 0 amide bonds. The minimum Gasteiger partial charge on any atom is -0.294 e. The third-order valence-electron chi connectivity index (χ3n) is 3.10. The summed E-state index contributed by atoms with van der Waals surface area (Å²) in [6.45, 7) is 0. The van der Waals surface area contributed by atoms with E-state index in [0.717, 1.165) is 16.0 Å². The van der Waals surface area contributed by atoms with E-state index in [9.17, 15) is 14.4 Å². The van der Waals surface area contributed by atoms with Gasteiger partial charge >= 0.3 is 0 Å². The monoisotopic (exact) mass is 236 g/mol. The van der Waals surface area contributed by atoms with Gasteiger partial charge in [0, 0.05) is 5.57 Å². The lowest BCUT2D eigenvalue weighted by atomic mass is 9.94. The zero-order valence-electron chi connectivity index (χ0n) is 9.34. The van der Waals surface area contributed by atoms with Gasteiger partial charge in [0.2, 0.25) is 5.78 Å². The Morgan fingerprint density at radius 3 is 2.50 bits per heavy atom. The van der Waals surface area contributed by atoms with Crippen molar-refractivity contribution in [2.24, 2.45) is 0 Å². The van der Waals surface area contributed by atoms with Crippen molar-refractivity contribution in [3.8, 4) is 0 Å². The number of rotatable bonds is 2. The normalized spacial score (nSPS) is 16.2. The molecule has 0 N–H and O–H groups in total. The molecule has 0 radical (unpaired) electrons. The second-order valence-corrected chi connectivity index (χ2v) is 4.11.